The first-order chi connectivity index (χ1) is 9.80. The minimum atomic E-state index is -3.61. The summed E-state index contributed by atoms with van der Waals surface area (Å²) in [6, 6.07) is 0.269. The SMILES string of the molecule is CCOCCN(C)S(=O)(=O)c1n[nH]c(C)c1CNC(C)C. The Bertz CT molecular complexity index is 540. The maximum atomic E-state index is 12.6. The molecule has 0 aliphatic heterocycles. The number of likely N-dealkylation sites (N-methyl/N-ethyl adjacent to an activating group) is 1. The van der Waals surface area contributed by atoms with Gasteiger partial charge in [-0.05, 0) is 13.8 Å². The number of aromatic nitrogens is 2. The van der Waals surface area contributed by atoms with Gasteiger partial charge in [0.25, 0.3) is 10.0 Å². The maximum absolute atomic E-state index is 12.6. The summed E-state index contributed by atoms with van der Waals surface area (Å²) in [6.45, 7) is 9.43. The van der Waals surface area contributed by atoms with Gasteiger partial charge >= 0.3 is 0 Å². The number of rotatable bonds is 9. The summed E-state index contributed by atoms with van der Waals surface area (Å²) in [5.41, 5.74) is 1.45. The van der Waals surface area contributed by atoms with Crippen LogP contribution in [0.5, 0.6) is 0 Å². The van der Waals surface area contributed by atoms with Crippen LogP contribution in [0.3, 0.4) is 0 Å². The molecule has 0 fully saturated rings. The van der Waals surface area contributed by atoms with E-state index >= 15 is 0 Å². The molecular weight excluding hydrogens is 292 g/mol. The molecule has 1 aromatic heterocycles. The molecule has 1 heterocycles. The molecule has 0 spiro atoms. The van der Waals surface area contributed by atoms with Crippen LogP contribution in [0, 0.1) is 6.92 Å². The van der Waals surface area contributed by atoms with E-state index in [-0.39, 0.29) is 11.1 Å². The van der Waals surface area contributed by atoms with E-state index in [0.717, 1.165) is 5.69 Å². The Morgan fingerprint density at radius 1 is 1.43 bits per heavy atom. The van der Waals surface area contributed by atoms with Gasteiger partial charge in [-0.25, -0.2) is 8.42 Å². The molecule has 2 N–H and O–H groups in total. The Kier molecular flexibility index (Phi) is 6.79. The number of H-pyrrole nitrogens is 1. The smallest absolute Gasteiger partial charge is 0.262 e. The van der Waals surface area contributed by atoms with E-state index in [0.29, 0.717) is 31.9 Å². The van der Waals surface area contributed by atoms with E-state index < -0.39 is 10.0 Å². The van der Waals surface area contributed by atoms with Gasteiger partial charge in [0.2, 0.25) is 0 Å². The molecule has 8 heteroatoms. The predicted octanol–water partition coefficient (Wildman–Crippen LogP) is 0.873. The summed E-state index contributed by atoms with van der Waals surface area (Å²) in [7, 11) is -2.07. The van der Waals surface area contributed by atoms with E-state index in [2.05, 4.69) is 15.5 Å². The quantitative estimate of drug-likeness (QED) is 0.660. The summed E-state index contributed by atoms with van der Waals surface area (Å²) in [5, 5.41) is 10.1. The highest BCUT2D eigenvalue weighted by atomic mass is 32.2. The number of aromatic amines is 1. The lowest BCUT2D eigenvalue weighted by molar-refractivity contribution is 0.138. The average molecular weight is 318 g/mol. The first-order valence-corrected chi connectivity index (χ1v) is 8.56. The van der Waals surface area contributed by atoms with E-state index in [1.165, 1.54) is 11.4 Å². The minimum absolute atomic E-state index is 0.0900. The van der Waals surface area contributed by atoms with Crippen molar-refractivity contribution < 1.29 is 13.2 Å². The van der Waals surface area contributed by atoms with Crippen LogP contribution in [0.1, 0.15) is 32.0 Å². The second kappa shape index (κ2) is 7.88. The standard InChI is InChI=1S/C13H26N4O3S/c1-6-20-8-7-17(5)21(18,19)13-12(9-14-10(2)3)11(4)15-16-13/h10,14H,6-9H2,1-5H3,(H,15,16). The lowest BCUT2D eigenvalue weighted by atomic mass is 10.2. The van der Waals surface area contributed by atoms with E-state index in [1.54, 1.807) is 0 Å². The summed E-state index contributed by atoms with van der Waals surface area (Å²) in [5.74, 6) is 0. The fourth-order valence-corrected chi connectivity index (χ4v) is 3.07. The molecule has 0 radical (unpaired) electrons. The van der Waals surface area contributed by atoms with Gasteiger partial charge in [-0.2, -0.15) is 9.40 Å². The summed E-state index contributed by atoms with van der Waals surface area (Å²) < 4.78 is 31.6. The lowest BCUT2D eigenvalue weighted by Gasteiger charge is -2.17. The third-order valence-corrected chi connectivity index (χ3v) is 4.96. The molecule has 0 aliphatic carbocycles. The fraction of sp³-hybridized carbons (Fsp3) is 0.769. The molecule has 0 atom stereocenters. The Hall–Kier alpha value is -0.960. The van der Waals surface area contributed by atoms with E-state index in [9.17, 15) is 8.42 Å². The molecular formula is C13H26N4O3S. The second-order valence-corrected chi connectivity index (χ2v) is 7.15. The molecule has 7 nitrogen and oxygen atoms in total. The van der Waals surface area contributed by atoms with Gasteiger partial charge in [0, 0.05) is 44.0 Å². The van der Waals surface area contributed by atoms with Gasteiger partial charge in [0.1, 0.15) is 0 Å². The molecule has 0 amide bonds. The molecule has 0 saturated carbocycles. The van der Waals surface area contributed by atoms with Crippen LogP contribution in [0.2, 0.25) is 0 Å². The topological polar surface area (TPSA) is 87.3 Å². The van der Waals surface area contributed by atoms with E-state index in [4.69, 9.17) is 4.74 Å². The zero-order valence-electron chi connectivity index (χ0n) is 13.4. The van der Waals surface area contributed by atoms with Crippen molar-refractivity contribution >= 4 is 10.0 Å². The van der Waals surface area contributed by atoms with E-state index in [1.807, 2.05) is 27.7 Å². The summed E-state index contributed by atoms with van der Waals surface area (Å²) >= 11 is 0. The van der Waals surface area contributed by atoms with Crippen molar-refractivity contribution in [3.8, 4) is 0 Å². The third-order valence-electron chi connectivity index (χ3n) is 3.13. The summed E-state index contributed by atoms with van der Waals surface area (Å²) in [6.07, 6.45) is 0. The van der Waals surface area contributed by atoms with Crippen LogP contribution in [0.4, 0.5) is 0 Å². The molecule has 0 bridgehead atoms. The highest BCUT2D eigenvalue weighted by molar-refractivity contribution is 7.89. The normalized spacial score (nSPS) is 12.5. The van der Waals surface area contributed by atoms with Crippen molar-refractivity contribution in [2.45, 2.75) is 45.3 Å². The first kappa shape index (κ1) is 18.1. The first-order valence-electron chi connectivity index (χ1n) is 7.12. The van der Waals surface area contributed by atoms with Gasteiger partial charge < -0.3 is 10.1 Å². The Balaban J connectivity index is 2.92. The molecule has 1 aromatic rings. The van der Waals surface area contributed by atoms with Crippen LogP contribution in [-0.2, 0) is 21.3 Å². The monoisotopic (exact) mass is 318 g/mol. The fourth-order valence-electron chi connectivity index (χ4n) is 1.76. The number of nitrogens with one attached hydrogen (secondary N) is 2. The average Bonchev–Trinajstić information content (AvgIpc) is 2.78. The number of aryl methyl sites for hydroxylation is 1. The molecule has 1 rings (SSSR count). The van der Waals surface area contributed by atoms with Crippen molar-refractivity contribution in [3.63, 3.8) is 0 Å². The van der Waals surface area contributed by atoms with Crippen LogP contribution in [-0.4, -0.2) is 55.8 Å². The minimum Gasteiger partial charge on any atom is -0.380 e. The van der Waals surface area contributed by atoms with Gasteiger partial charge in [0.15, 0.2) is 5.03 Å². The van der Waals surface area contributed by atoms with Gasteiger partial charge in [0.05, 0.1) is 6.61 Å². The van der Waals surface area contributed by atoms with Crippen LogP contribution < -0.4 is 5.32 Å². The highest BCUT2D eigenvalue weighted by Crippen LogP contribution is 2.19. The predicted molar refractivity (Wildman–Crippen MR) is 81.6 cm³/mol. The lowest BCUT2D eigenvalue weighted by Crippen LogP contribution is -2.32. The zero-order valence-corrected chi connectivity index (χ0v) is 14.2. The third kappa shape index (κ3) is 4.77. The van der Waals surface area contributed by atoms with Crippen molar-refractivity contribution in [2.75, 3.05) is 26.8 Å². The molecule has 0 aromatic carbocycles. The highest BCUT2D eigenvalue weighted by Gasteiger charge is 2.27. The summed E-state index contributed by atoms with van der Waals surface area (Å²) in [4.78, 5) is 0. The number of sulfonamides is 1. The van der Waals surface area contributed by atoms with Crippen molar-refractivity contribution in [1.29, 1.82) is 0 Å². The molecule has 0 aliphatic rings. The van der Waals surface area contributed by atoms with Crippen LogP contribution in [0.25, 0.3) is 0 Å². The van der Waals surface area contributed by atoms with Gasteiger partial charge in [-0.3, -0.25) is 5.10 Å². The molecule has 122 valence electrons. The Labute approximate surface area is 127 Å². The van der Waals surface area contributed by atoms with Crippen molar-refractivity contribution in [3.05, 3.63) is 11.3 Å². The molecule has 0 saturated heterocycles. The van der Waals surface area contributed by atoms with Crippen molar-refractivity contribution in [1.82, 2.24) is 19.8 Å². The Morgan fingerprint density at radius 2 is 2.10 bits per heavy atom. The number of ether oxygens (including phenoxy) is 1. The van der Waals surface area contributed by atoms with Gasteiger partial charge in [-0.1, -0.05) is 13.8 Å². The van der Waals surface area contributed by atoms with Gasteiger partial charge in [-0.15, -0.1) is 0 Å². The molecule has 0 unspecified atom stereocenters. The molecule has 21 heavy (non-hydrogen) atoms. The number of hydrogen-bond donors (Lipinski definition) is 2. The van der Waals surface area contributed by atoms with Crippen LogP contribution >= 0.6 is 0 Å². The number of nitrogens with zero attached hydrogens (tertiary/aromatic N) is 2. The largest absolute Gasteiger partial charge is 0.380 e. The second-order valence-electron chi connectivity index (χ2n) is 5.19. The zero-order chi connectivity index (χ0) is 16.0. The number of hydrogen-bond acceptors (Lipinski definition) is 5. The van der Waals surface area contributed by atoms with Crippen LogP contribution in [0.15, 0.2) is 5.03 Å². The Morgan fingerprint density at radius 3 is 2.67 bits per heavy atom. The maximum Gasteiger partial charge on any atom is 0.262 e. The van der Waals surface area contributed by atoms with Crippen molar-refractivity contribution in [2.24, 2.45) is 0 Å².